The van der Waals surface area contributed by atoms with Crippen LogP contribution in [0.5, 0.6) is 0 Å². The second-order valence-corrected chi connectivity index (χ2v) is 4.26. The predicted molar refractivity (Wildman–Crippen MR) is 60.9 cm³/mol. The van der Waals surface area contributed by atoms with Crippen LogP contribution in [0, 0.1) is 12.3 Å². The van der Waals surface area contributed by atoms with E-state index < -0.39 is 11.5 Å². The molecule has 0 aromatic carbocycles. The van der Waals surface area contributed by atoms with Crippen LogP contribution in [0.4, 0.5) is 4.79 Å². The number of aliphatic carboxylic acids is 1. The highest BCUT2D eigenvalue weighted by Gasteiger charge is 2.21. The summed E-state index contributed by atoms with van der Waals surface area (Å²) in [6, 6.07) is -0.740. The molecule has 0 aliphatic heterocycles. The summed E-state index contributed by atoms with van der Waals surface area (Å²) in [5.74, 6) is 1.48. The molecule has 0 saturated heterocycles. The fourth-order valence-electron chi connectivity index (χ4n) is 1.06. The highest BCUT2D eigenvalue weighted by atomic mass is 16.4. The first-order valence-electron chi connectivity index (χ1n) is 5.03. The van der Waals surface area contributed by atoms with Gasteiger partial charge in [-0.2, -0.15) is 0 Å². The first kappa shape index (κ1) is 14.3. The minimum absolute atomic E-state index is 0.0119. The minimum atomic E-state index is -0.882. The number of carboxylic acids is 1. The number of carbonyl (C=O) groups is 2. The largest absolute Gasteiger partial charge is 0.481 e. The molecule has 1 atom stereocenters. The Morgan fingerprint density at radius 3 is 2.50 bits per heavy atom. The zero-order valence-corrected chi connectivity index (χ0v) is 9.83. The van der Waals surface area contributed by atoms with Crippen molar-refractivity contribution in [2.75, 3.05) is 0 Å². The molecule has 0 fully saturated rings. The van der Waals surface area contributed by atoms with Crippen molar-refractivity contribution in [3.8, 4) is 12.3 Å². The lowest BCUT2D eigenvalue weighted by Crippen LogP contribution is -2.50. The third-order valence-corrected chi connectivity index (χ3v) is 2.01. The van der Waals surface area contributed by atoms with E-state index >= 15 is 0 Å². The van der Waals surface area contributed by atoms with Crippen molar-refractivity contribution in [3.63, 3.8) is 0 Å². The summed E-state index contributed by atoms with van der Waals surface area (Å²) in [5.41, 5.74) is -0.573. The lowest BCUT2D eigenvalue weighted by atomic mass is 9.99. The van der Waals surface area contributed by atoms with Gasteiger partial charge in [-0.3, -0.25) is 4.79 Å². The van der Waals surface area contributed by atoms with Crippen molar-refractivity contribution in [2.45, 2.75) is 45.2 Å². The fourth-order valence-corrected chi connectivity index (χ4v) is 1.06. The second-order valence-electron chi connectivity index (χ2n) is 4.26. The summed E-state index contributed by atoms with van der Waals surface area (Å²) in [7, 11) is 0. The molecule has 0 spiro atoms. The van der Waals surface area contributed by atoms with E-state index in [1.165, 1.54) is 0 Å². The first-order chi connectivity index (χ1) is 7.26. The molecule has 0 bridgehead atoms. The van der Waals surface area contributed by atoms with E-state index in [0.717, 1.165) is 0 Å². The molecule has 0 saturated carbocycles. The number of urea groups is 1. The minimum Gasteiger partial charge on any atom is -0.481 e. The third kappa shape index (κ3) is 6.71. The lowest BCUT2D eigenvalue weighted by molar-refractivity contribution is -0.137. The molecule has 16 heavy (non-hydrogen) atoms. The number of carbonyl (C=O) groups excluding carboxylic acids is 1. The van der Waals surface area contributed by atoms with Crippen LogP contribution < -0.4 is 10.6 Å². The average molecular weight is 226 g/mol. The maximum absolute atomic E-state index is 11.4. The number of rotatable bonds is 5. The topological polar surface area (TPSA) is 78.4 Å². The van der Waals surface area contributed by atoms with Crippen molar-refractivity contribution in [1.82, 2.24) is 10.6 Å². The standard InChI is InChI=1S/C11H18N2O3/c1-5-8(2)12-10(16)13-11(3,4)7-6-9(14)15/h1,8H,6-7H2,2-4H3,(H,14,15)(H2,12,13,16). The average Bonchev–Trinajstić information content (AvgIpc) is 2.13. The van der Waals surface area contributed by atoms with Crippen molar-refractivity contribution < 1.29 is 14.7 Å². The van der Waals surface area contributed by atoms with Gasteiger partial charge in [0.05, 0.1) is 6.04 Å². The quantitative estimate of drug-likeness (QED) is 0.611. The van der Waals surface area contributed by atoms with Crippen molar-refractivity contribution in [2.24, 2.45) is 0 Å². The zero-order chi connectivity index (χ0) is 12.8. The predicted octanol–water partition coefficient (Wildman–Crippen LogP) is 0.951. The Hall–Kier alpha value is -1.70. The summed E-state index contributed by atoms with van der Waals surface area (Å²) in [6.45, 7) is 5.20. The van der Waals surface area contributed by atoms with Crippen LogP contribution in [0.2, 0.25) is 0 Å². The zero-order valence-electron chi connectivity index (χ0n) is 9.83. The molecule has 0 aromatic rings. The molecule has 0 rings (SSSR count). The van der Waals surface area contributed by atoms with Crippen molar-refractivity contribution in [3.05, 3.63) is 0 Å². The maximum Gasteiger partial charge on any atom is 0.316 e. The van der Waals surface area contributed by atoms with Gasteiger partial charge in [0, 0.05) is 12.0 Å². The van der Waals surface area contributed by atoms with E-state index in [2.05, 4.69) is 16.6 Å². The molecule has 0 aromatic heterocycles. The van der Waals surface area contributed by atoms with Gasteiger partial charge in [-0.05, 0) is 27.2 Å². The van der Waals surface area contributed by atoms with Gasteiger partial charge < -0.3 is 15.7 Å². The highest BCUT2D eigenvalue weighted by Crippen LogP contribution is 2.10. The Balaban J connectivity index is 4.10. The molecule has 1 unspecified atom stereocenters. The Kier molecular flexibility index (Phi) is 5.37. The van der Waals surface area contributed by atoms with Gasteiger partial charge in [-0.25, -0.2) is 4.79 Å². The number of hydrogen-bond donors (Lipinski definition) is 3. The second kappa shape index (κ2) is 6.01. The normalized spacial score (nSPS) is 12.4. The molecule has 0 aliphatic carbocycles. The van der Waals surface area contributed by atoms with Gasteiger partial charge in [0.1, 0.15) is 0 Å². The van der Waals surface area contributed by atoms with Crippen LogP contribution in [-0.2, 0) is 4.79 Å². The Morgan fingerprint density at radius 2 is 2.06 bits per heavy atom. The smallest absolute Gasteiger partial charge is 0.316 e. The van der Waals surface area contributed by atoms with E-state index in [0.29, 0.717) is 6.42 Å². The monoisotopic (exact) mass is 226 g/mol. The Labute approximate surface area is 95.6 Å². The summed E-state index contributed by atoms with van der Waals surface area (Å²) in [6.07, 6.45) is 5.49. The summed E-state index contributed by atoms with van der Waals surface area (Å²) in [4.78, 5) is 21.8. The van der Waals surface area contributed by atoms with E-state index in [-0.39, 0.29) is 18.5 Å². The molecule has 0 radical (unpaired) electrons. The molecule has 0 heterocycles. The molecular weight excluding hydrogens is 208 g/mol. The summed E-state index contributed by atoms with van der Waals surface area (Å²) >= 11 is 0. The van der Waals surface area contributed by atoms with E-state index in [1.807, 2.05) is 0 Å². The molecule has 5 heteroatoms. The van der Waals surface area contributed by atoms with Crippen LogP contribution in [0.3, 0.4) is 0 Å². The van der Waals surface area contributed by atoms with Gasteiger partial charge in [0.15, 0.2) is 0 Å². The first-order valence-corrected chi connectivity index (χ1v) is 5.03. The third-order valence-electron chi connectivity index (χ3n) is 2.01. The Bertz CT molecular complexity index is 305. The van der Waals surface area contributed by atoms with Crippen LogP contribution >= 0.6 is 0 Å². The molecular formula is C11H18N2O3. The number of carboxylic acid groups (broad SMARTS) is 1. The van der Waals surface area contributed by atoms with Crippen LogP contribution in [-0.4, -0.2) is 28.7 Å². The lowest BCUT2D eigenvalue weighted by Gasteiger charge is -2.26. The Morgan fingerprint density at radius 1 is 1.50 bits per heavy atom. The number of amides is 2. The van der Waals surface area contributed by atoms with Gasteiger partial charge in [0.2, 0.25) is 0 Å². The van der Waals surface area contributed by atoms with E-state index in [9.17, 15) is 9.59 Å². The van der Waals surface area contributed by atoms with Gasteiger partial charge >= 0.3 is 12.0 Å². The molecule has 90 valence electrons. The van der Waals surface area contributed by atoms with Crippen molar-refractivity contribution in [1.29, 1.82) is 0 Å². The molecule has 0 aliphatic rings. The molecule has 3 N–H and O–H groups in total. The van der Waals surface area contributed by atoms with Gasteiger partial charge in [-0.1, -0.05) is 5.92 Å². The maximum atomic E-state index is 11.4. The number of terminal acetylenes is 1. The van der Waals surface area contributed by atoms with Gasteiger partial charge in [-0.15, -0.1) is 6.42 Å². The summed E-state index contributed by atoms with van der Waals surface area (Å²) in [5, 5.41) is 13.7. The van der Waals surface area contributed by atoms with Crippen LogP contribution in [0.15, 0.2) is 0 Å². The van der Waals surface area contributed by atoms with Crippen molar-refractivity contribution >= 4 is 12.0 Å². The summed E-state index contributed by atoms with van der Waals surface area (Å²) < 4.78 is 0. The number of hydrogen-bond acceptors (Lipinski definition) is 2. The fraction of sp³-hybridized carbons (Fsp3) is 0.636. The van der Waals surface area contributed by atoms with Crippen LogP contribution in [0.25, 0.3) is 0 Å². The molecule has 2 amide bonds. The van der Waals surface area contributed by atoms with Crippen LogP contribution in [0.1, 0.15) is 33.6 Å². The van der Waals surface area contributed by atoms with E-state index in [1.54, 1.807) is 20.8 Å². The number of nitrogens with one attached hydrogen (secondary N) is 2. The highest BCUT2D eigenvalue weighted by molar-refractivity contribution is 5.75. The van der Waals surface area contributed by atoms with Gasteiger partial charge in [0.25, 0.3) is 0 Å². The SMILES string of the molecule is C#CC(C)NC(=O)NC(C)(C)CCC(=O)O. The molecule has 5 nitrogen and oxygen atoms in total. The van der Waals surface area contributed by atoms with E-state index in [4.69, 9.17) is 11.5 Å².